The number of likely N-dealkylation sites (N-methyl/N-ethyl adjacent to an activating group) is 1. The highest BCUT2D eigenvalue weighted by atomic mass is 16.5. The molecule has 0 heterocycles. The number of anilines is 1. The summed E-state index contributed by atoms with van der Waals surface area (Å²) >= 11 is 0. The Kier molecular flexibility index (Phi) is 6.13. The van der Waals surface area contributed by atoms with Crippen molar-refractivity contribution in [2.75, 3.05) is 24.6 Å². The summed E-state index contributed by atoms with van der Waals surface area (Å²) in [6, 6.07) is 18.2. The van der Waals surface area contributed by atoms with Crippen LogP contribution in [-0.4, -0.2) is 25.8 Å². The summed E-state index contributed by atoms with van der Waals surface area (Å²) in [4.78, 5) is 2.30. The summed E-state index contributed by atoms with van der Waals surface area (Å²) in [5.74, 6) is 1.61. The number of hydrogen-bond acceptors (Lipinski definition) is 3. The fourth-order valence-electron chi connectivity index (χ4n) is 2.30. The fraction of sp³-hybridized carbons (Fsp3) is 0.368. The second kappa shape index (κ2) is 8.32. The minimum Gasteiger partial charge on any atom is -0.488 e. The molecule has 0 N–H and O–H groups in total. The Morgan fingerprint density at radius 3 is 2.18 bits per heavy atom. The molecule has 2 aromatic carbocycles. The first-order valence-electron chi connectivity index (χ1n) is 7.89. The topological polar surface area (TPSA) is 21.7 Å². The van der Waals surface area contributed by atoms with Crippen molar-refractivity contribution >= 4 is 5.69 Å². The van der Waals surface area contributed by atoms with Gasteiger partial charge in [0.05, 0.1) is 12.6 Å². The van der Waals surface area contributed by atoms with Gasteiger partial charge >= 0.3 is 0 Å². The summed E-state index contributed by atoms with van der Waals surface area (Å²) < 4.78 is 11.7. The third kappa shape index (κ3) is 4.69. The van der Waals surface area contributed by atoms with Crippen molar-refractivity contribution in [2.45, 2.75) is 26.9 Å². The van der Waals surface area contributed by atoms with Crippen molar-refractivity contribution in [3.63, 3.8) is 0 Å². The molecule has 3 heteroatoms. The molecule has 0 unspecified atom stereocenters. The molecule has 2 rings (SSSR count). The normalized spacial score (nSPS) is 10.5. The molecule has 0 atom stereocenters. The van der Waals surface area contributed by atoms with Gasteiger partial charge in [0.2, 0.25) is 0 Å². The first-order chi connectivity index (χ1) is 10.7. The minimum absolute atomic E-state index is 0.140. The van der Waals surface area contributed by atoms with Gasteiger partial charge in [-0.3, -0.25) is 0 Å². The lowest BCUT2D eigenvalue weighted by molar-refractivity contribution is 0.222. The van der Waals surface area contributed by atoms with E-state index in [4.69, 9.17) is 9.47 Å². The molecule has 0 fully saturated rings. The first kappa shape index (κ1) is 16.2. The highest BCUT2D eigenvalue weighted by molar-refractivity contribution is 5.46. The quantitative estimate of drug-likeness (QED) is 0.722. The van der Waals surface area contributed by atoms with Crippen LogP contribution in [-0.2, 0) is 0 Å². The maximum absolute atomic E-state index is 5.93. The molecule has 118 valence electrons. The largest absolute Gasteiger partial charge is 0.488 e. The zero-order chi connectivity index (χ0) is 15.8. The van der Waals surface area contributed by atoms with E-state index in [-0.39, 0.29) is 6.10 Å². The lowest BCUT2D eigenvalue weighted by Gasteiger charge is -2.23. The summed E-state index contributed by atoms with van der Waals surface area (Å²) in [5, 5.41) is 0. The van der Waals surface area contributed by atoms with Gasteiger partial charge in [-0.05, 0) is 45.0 Å². The van der Waals surface area contributed by atoms with E-state index in [0.717, 1.165) is 24.6 Å². The van der Waals surface area contributed by atoms with E-state index in [1.807, 2.05) is 44.2 Å². The molecular formula is C19H25NO2. The maximum Gasteiger partial charge on any atom is 0.161 e. The molecular weight excluding hydrogens is 274 g/mol. The average Bonchev–Trinajstić information content (AvgIpc) is 2.53. The van der Waals surface area contributed by atoms with Gasteiger partial charge in [-0.1, -0.05) is 30.3 Å². The van der Waals surface area contributed by atoms with Crippen molar-refractivity contribution in [3.05, 3.63) is 54.6 Å². The van der Waals surface area contributed by atoms with Crippen molar-refractivity contribution in [1.29, 1.82) is 0 Å². The third-order valence-corrected chi connectivity index (χ3v) is 3.33. The zero-order valence-corrected chi connectivity index (χ0v) is 13.7. The number of ether oxygens (including phenoxy) is 2. The Morgan fingerprint density at radius 2 is 1.55 bits per heavy atom. The van der Waals surface area contributed by atoms with Crippen molar-refractivity contribution in [2.24, 2.45) is 0 Å². The van der Waals surface area contributed by atoms with E-state index in [1.165, 1.54) is 5.69 Å². The predicted octanol–water partition coefficient (Wildman–Crippen LogP) is 4.38. The van der Waals surface area contributed by atoms with Crippen molar-refractivity contribution < 1.29 is 9.47 Å². The number of nitrogens with zero attached hydrogens (tertiary/aromatic N) is 1. The highest BCUT2D eigenvalue weighted by Crippen LogP contribution is 2.27. The van der Waals surface area contributed by atoms with Crippen LogP contribution in [0.4, 0.5) is 5.69 Å². The predicted molar refractivity (Wildman–Crippen MR) is 92.0 cm³/mol. The molecule has 0 spiro atoms. The number of para-hydroxylation sites is 3. The van der Waals surface area contributed by atoms with Gasteiger partial charge in [-0.25, -0.2) is 0 Å². The van der Waals surface area contributed by atoms with Gasteiger partial charge in [-0.2, -0.15) is 0 Å². The van der Waals surface area contributed by atoms with Gasteiger partial charge in [-0.15, -0.1) is 0 Å². The van der Waals surface area contributed by atoms with Gasteiger partial charge in [0.1, 0.15) is 6.61 Å². The van der Waals surface area contributed by atoms with Gasteiger partial charge < -0.3 is 14.4 Å². The molecule has 0 bridgehead atoms. The van der Waals surface area contributed by atoms with Crippen LogP contribution in [0.1, 0.15) is 20.8 Å². The van der Waals surface area contributed by atoms with E-state index in [2.05, 4.69) is 36.1 Å². The molecule has 0 aliphatic heterocycles. The van der Waals surface area contributed by atoms with Crippen LogP contribution >= 0.6 is 0 Å². The SMILES string of the molecule is CCN(CCOc1ccccc1OC(C)C)c1ccccc1. The van der Waals surface area contributed by atoms with Crippen molar-refractivity contribution in [1.82, 2.24) is 0 Å². The smallest absolute Gasteiger partial charge is 0.161 e. The molecule has 0 radical (unpaired) electrons. The molecule has 0 saturated carbocycles. The van der Waals surface area contributed by atoms with Gasteiger partial charge in [0, 0.05) is 12.2 Å². The molecule has 2 aromatic rings. The van der Waals surface area contributed by atoms with Crippen molar-refractivity contribution in [3.8, 4) is 11.5 Å². The third-order valence-electron chi connectivity index (χ3n) is 3.33. The summed E-state index contributed by atoms with van der Waals surface area (Å²) in [5.41, 5.74) is 1.22. The van der Waals surface area contributed by atoms with Gasteiger partial charge in [0.15, 0.2) is 11.5 Å². The first-order valence-corrected chi connectivity index (χ1v) is 7.89. The zero-order valence-electron chi connectivity index (χ0n) is 13.7. The fourth-order valence-corrected chi connectivity index (χ4v) is 2.30. The van der Waals surface area contributed by atoms with Crippen LogP contribution in [0.3, 0.4) is 0 Å². The standard InChI is InChI=1S/C19H25NO2/c1-4-20(17-10-6-5-7-11-17)14-15-21-18-12-8-9-13-19(18)22-16(2)3/h5-13,16H,4,14-15H2,1-3H3. The molecule has 0 amide bonds. The molecule has 0 aliphatic rings. The van der Waals surface area contributed by atoms with Crippen LogP contribution in [0.25, 0.3) is 0 Å². The summed E-state index contributed by atoms with van der Waals surface area (Å²) in [6.07, 6.45) is 0.140. The molecule has 0 saturated heterocycles. The molecule has 0 aromatic heterocycles. The molecule has 3 nitrogen and oxygen atoms in total. The molecule has 22 heavy (non-hydrogen) atoms. The van der Waals surface area contributed by atoms with Crippen LogP contribution < -0.4 is 14.4 Å². The number of benzene rings is 2. The highest BCUT2D eigenvalue weighted by Gasteiger charge is 2.08. The van der Waals surface area contributed by atoms with Crippen LogP contribution in [0.5, 0.6) is 11.5 Å². The van der Waals surface area contributed by atoms with E-state index >= 15 is 0 Å². The van der Waals surface area contributed by atoms with Crippen LogP contribution in [0, 0.1) is 0 Å². The summed E-state index contributed by atoms with van der Waals surface area (Å²) in [6.45, 7) is 8.62. The monoisotopic (exact) mass is 299 g/mol. The minimum atomic E-state index is 0.140. The van der Waals surface area contributed by atoms with E-state index in [9.17, 15) is 0 Å². The lowest BCUT2D eigenvalue weighted by Crippen LogP contribution is -2.28. The Balaban J connectivity index is 1.93. The Labute approximate surface area is 133 Å². The van der Waals surface area contributed by atoms with E-state index in [0.29, 0.717) is 6.61 Å². The average molecular weight is 299 g/mol. The van der Waals surface area contributed by atoms with Crippen LogP contribution in [0.2, 0.25) is 0 Å². The second-order valence-electron chi connectivity index (χ2n) is 5.38. The Bertz CT molecular complexity index is 554. The van der Waals surface area contributed by atoms with Crippen LogP contribution in [0.15, 0.2) is 54.6 Å². The number of rotatable bonds is 8. The Hall–Kier alpha value is -2.16. The van der Waals surface area contributed by atoms with E-state index in [1.54, 1.807) is 0 Å². The summed E-state index contributed by atoms with van der Waals surface area (Å²) in [7, 11) is 0. The molecule has 0 aliphatic carbocycles. The van der Waals surface area contributed by atoms with E-state index < -0.39 is 0 Å². The maximum atomic E-state index is 5.93. The lowest BCUT2D eigenvalue weighted by atomic mass is 10.3. The van der Waals surface area contributed by atoms with Gasteiger partial charge in [0.25, 0.3) is 0 Å². The second-order valence-corrected chi connectivity index (χ2v) is 5.38. The Morgan fingerprint density at radius 1 is 0.909 bits per heavy atom. The number of hydrogen-bond donors (Lipinski definition) is 0.